The zero-order valence-corrected chi connectivity index (χ0v) is 9.50. The van der Waals surface area contributed by atoms with Crippen LogP contribution in [0.4, 0.5) is 0 Å². The van der Waals surface area contributed by atoms with E-state index in [2.05, 4.69) is 15.1 Å². The second-order valence-corrected chi connectivity index (χ2v) is 3.75. The zero-order valence-electron chi connectivity index (χ0n) is 7.98. The number of halogens is 2. The quantitative estimate of drug-likeness (QED) is 0.761. The third kappa shape index (κ3) is 2.27. The molecule has 2 aromatic heterocycles. The van der Waals surface area contributed by atoms with E-state index in [9.17, 15) is 0 Å². The Morgan fingerprint density at radius 1 is 1.33 bits per heavy atom. The molecule has 0 bridgehead atoms. The predicted octanol–water partition coefficient (Wildman–Crippen LogP) is 2.53. The molecule has 0 radical (unpaired) electrons. The van der Waals surface area contributed by atoms with E-state index in [1.165, 1.54) is 0 Å². The van der Waals surface area contributed by atoms with Gasteiger partial charge in [-0.2, -0.15) is 5.10 Å². The van der Waals surface area contributed by atoms with Gasteiger partial charge in [-0.3, -0.25) is 0 Å². The molecule has 0 aliphatic heterocycles. The Kier molecular flexibility index (Phi) is 2.88. The second kappa shape index (κ2) is 4.16. The Hall–Kier alpha value is -1.13. The highest BCUT2D eigenvalue weighted by atomic mass is 35.5. The van der Waals surface area contributed by atoms with Crippen LogP contribution < -0.4 is 0 Å². The van der Waals surface area contributed by atoms with E-state index in [1.807, 2.05) is 6.92 Å². The van der Waals surface area contributed by atoms with Crippen molar-refractivity contribution in [2.75, 3.05) is 0 Å². The maximum Gasteiger partial charge on any atom is 0.158 e. The molecule has 0 N–H and O–H groups in total. The van der Waals surface area contributed by atoms with Crippen LogP contribution in [0, 0.1) is 0 Å². The number of hydrogen-bond donors (Lipinski definition) is 0. The monoisotopic (exact) mass is 242 g/mol. The molecule has 0 spiro atoms. The average molecular weight is 243 g/mol. The molecule has 2 rings (SSSR count). The maximum absolute atomic E-state index is 5.86. The minimum Gasteiger partial charge on any atom is -0.221 e. The first-order valence-corrected chi connectivity index (χ1v) is 5.18. The molecule has 0 aromatic carbocycles. The van der Waals surface area contributed by atoms with Crippen LogP contribution in [0.25, 0.3) is 5.82 Å². The van der Waals surface area contributed by atoms with Crippen LogP contribution in [0.5, 0.6) is 0 Å². The Balaban J connectivity index is 2.48. The van der Waals surface area contributed by atoms with E-state index in [0.717, 1.165) is 6.42 Å². The minimum absolute atomic E-state index is 0.406. The molecule has 4 nitrogen and oxygen atoms in total. The number of hydrogen-bond acceptors (Lipinski definition) is 3. The fraction of sp³-hybridized carbons (Fsp3) is 0.222. The van der Waals surface area contributed by atoms with Crippen LogP contribution in [0.15, 0.2) is 18.5 Å². The summed E-state index contributed by atoms with van der Waals surface area (Å²) in [4.78, 5) is 8.35. The second-order valence-electron chi connectivity index (χ2n) is 2.92. The lowest BCUT2D eigenvalue weighted by atomic mass is 10.4. The summed E-state index contributed by atoms with van der Waals surface area (Å²) in [5, 5.41) is 5.00. The first kappa shape index (κ1) is 10.4. The number of aromatic nitrogens is 4. The van der Waals surface area contributed by atoms with Crippen LogP contribution in [0.3, 0.4) is 0 Å². The summed E-state index contributed by atoms with van der Waals surface area (Å²) >= 11 is 11.6. The van der Waals surface area contributed by atoms with Crippen molar-refractivity contribution < 1.29 is 0 Å². The van der Waals surface area contributed by atoms with Gasteiger partial charge in [0.25, 0.3) is 0 Å². The minimum atomic E-state index is 0.406. The summed E-state index contributed by atoms with van der Waals surface area (Å²) in [6.07, 6.45) is 3.94. The van der Waals surface area contributed by atoms with Crippen molar-refractivity contribution in [1.82, 2.24) is 19.7 Å². The fourth-order valence-corrected chi connectivity index (χ4v) is 1.48. The maximum atomic E-state index is 5.86. The van der Waals surface area contributed by atoms with E-state index in [0.29, 0.717) is 21.8 Å². The van der Waals surface area contributed by atoms with Gasteiger partial charge < -0.3 is 0 Å². The lowest BCUT2D eigenvalue weighted by Gasteiger charge is -2.02. The summed E-state index contributed by atoms with van der Waals surface area (Å²) in [5.41, 5.74) is 0. The summed E-state index contributed by atoms with van der Waals surface area (Å²) in [5.74, 6) is 1.31. The van der Waals surface area contributed by atoms with Gasteiger partial charge in [0.05, 0.1) is 17.4 Å². The predicted molar refractivity (Wildman–Crippen MR) is 58.6 cm³/mol. The summed E-state index contributed by atoms with van der Waals surface area (Å²) in [6, 6.07) is 1.64. The molecule has 15 heavy (non-hydrogen) atoms. The van der Waals surface area contributed by atoms with E-state index in [-0.39, 0.29) is 0 Å². The van der Waals surface area contributed by atoms with Crippen LogP contribution in [0.2, 0.25) is 10.2 Å². The van der Waals surface area contributed by atoms with Gasteiger partial charge in [-0.15, -0.1) is 0 Å². The third-order valence-electron chi connectivity index (χ3n) is 1.83. The summed E-state index contributed by atoms with van der Waals surface area (Å²) in [6.45, 7) is 1.96. The molecule has 6 heteroatoms. The zero-order chi connectivity index (χ0) is 10.8. The number of nitrogens with zero attached hydrogens (tertiary/aromatic N) is 4. The normalized spacial score (nSPS) is 10.6. The van der Waals surface area contributed by atoms with Crippen LogP contribution in [0.1, 0.15) is 12.7 Å². The first-order valence-electron chi connectivity index (χ1n) is 4.43. The molecule has 0 aliphatic carbocycles. The summed E-state index contributed by atoms with van der Waals surface area (Å²) < 4.78 is 1.56. The lowest BCUT2D eigenvalue weighted by Crippen LogP contribution is -2.02. The number of aryl methyl sites for hydroxylation is 1. The molecule has 2 heterocycles. The van der Waals surface area contributed by atoms with Crippen molar-refractivity contribution in [3.63, 3.8) is 0 Å². The molecular formula is C9H8Cl2N4. The van der Waals surface area contributed by atoms with Crippen molar-refractivity contribution >= 4 is 23.2 Å². The molecule has 0 atom stereocenters. The summed E-state index contributed by atoms with van der Waals surface area (Å²) in [7, 11) is 0. The van der Waals surface area contributed by atoms with Gasteiger partial charge in [-0.05, 0) is 0 Å². The SMILES string of the molecule is CCc1nc(Cl)cc(-n2cc(Cl)cn2)n1. The topological polar surface area (TPSA) is 43.6 Å². The smallest absolute Gasteiger partial charge is 0.158 e. The fourth-order valence-electron chi connectivity index (χ4n) is 1.15. The van der Waals surface area contributed by atoms with Crippen molar-refractivity contribution in [2.24, 2.45) is 0 Å². The molecule has 0 unspecified atom stereocenters. The first-order chi connectivity index (χ1) is 7.19. The molecular weight excluding hydrogens is 235 g/mol. The molecule has 78 valence electrons. The van der Waals surface area contributed by atoms with E-state index in [4.69, 9.17) is 23.2 Å². The third-order valence-corrected chi connectivity index (χ3v) is 2.22. The highest BCUT2D eigenvalue weighted by Gasteiger charge is 2.05. The molecule has 0 fully saturated rings. The number of rotatable bonds is 2. The van der Waals surface area contributed by atoms with Crippen LogP contribution in [-0.2, 0) is 6.42 Å². The van der Waals surface area contributed by atoms with Crippen molar-refractivity contribution in [1.29, 1.82) is 0 Å². The van der Waals surface area contributed by atoms with Crippen LogP contribution >= 0.6 is 23.2 Å². The van der Waals surface area contributed by atoms with Gasteiger partial charge in [-0.1, -0.05) is 30.1 Å². The highest BCUT2D eigenvalue weighted by molar-refractivity contribution is 6.30. The molecule has 0 aliphatic rings. The Morgan fingerprint density at radius 3 is 2.73 bits per heavy atom. The Morgan fingerprint density at radius 2 is 2.13 bits per heavy atom. The largest absolute Gasteiger partial charge is 0.221 e. The van der Waals surface area contributed by atoms with E-state index < -0.39 is 0 Å². The Labute approximate surface area is 96.9 Å². The van der Waals surface area contributed by atoms with E-state index in [1.54, 1.807) is 23.1 Å². The van der Waals surface area contributed by atoms with Gasteiger partial charge in [0, 0.05) is 12.5 Å². The Bertz CT molecular complexity index is 481. The molecule has 0 saturated carbocycles. The van der Waals surface area contributed by atoms with Gasteiger partial charge >= 0.3 is 0 Å². The molecule has 0 saturated heterocycles. The highest BCUT2D eigenvalue weighted by Crippen LogP contribution is 2.13. The molecule has 0 amide bonds. The van der Waals surface area contributed by atoms with Crippen LogP contribution in [-0.4, -0.2) is 19.7 Å². The van der Waals surface area contributed by atoms with E-state index >= 15 is 0 Å². The van der Waals surface area contributed by atoms with Gasteiger partial charge in [0.15, 0.2) is 5.82 Å². The van der Waals surface area contributed by atoms with Gasteiger partial charge in [-0.25, -0.2) is 14.6 Å². The van der Waals surface area contributed by atoms with Gasteiger partial charge in [0.1, 0.15) is 11.0 Å². The molecule has 2 aromatic rings. The van der Waals surface area contributed by atoms with Gasteiger partial charge in [0.2, 0.25) is 0 Å². The standard InChI is InChI=1S/C9H8Cl2N4/c1-2-8-13-7(11)3-9(14-8)15-5-6(10)4-12-15/h3-5H,2H2,1H3. The van der Waals surface area contributed by atoms with Crippen molar-refractivity contribution in [3.8, 4) is 5.82 Å². The lowest BCUT2D eigenvalue weighted by molar-refractivity contribution is 0.813. The van der Waals surface area contributed by atoms with Crippen molar-refractivity contribution in [3.05, 3.63) is 34.5 Å². The average Bonchev–Trinajstić information content (AvgIpc) is 2.64. The van der Waals surface area contributed by atoms with Crippen molar-refractivity contribution in [2.45, 2.75) is 13.3 Å².